The number of hydrogen-bond donors (Lipinski definition) is 2. The van der Waals surface area contributed by atoms with Gasteiger partial charge in [-0.05, 0) is 44.0 Å². The summed E-state index contributed by atoms with van der Waals surface area (Å²) in [6.45, 7) is 4.45. The number of carbonyl (C=O) groups is 1. The molecule has 32 heavy (non-hydrogen) atoms. The zero-order valence-electron chi connectivity index (χ0n) is 17.5. The second-order valence-corrected chi connectivity index (χ2v) is 7.29. The van der Waals surface area contributed by atoms with Crippen molar-refractivity contribution in [1.82, 2.24) is 19.7 Å². The molecule has 0 fully saturated rings. The van der Waals surface area contributed by atoms with E-state index in [0.29, 0.717) is 22.5 Å². The maximum atomic E-state index is 12.9. The lowest BCUT2D eigenvalue weighted by Crippen LogP contribution is -2.23. The number of primary amides is 1. The third kappa shape index (κ3) is 4.69. The van der Waals surface area contributed by atoms with Gasteiger partial charge in [-0.1, -0.05) is 6.07 Å². The summed E-state index contributed by atoms with van der Waals surface area (Å²) in [7, 11) is 0. The number of nitriles is 1. The van der Waals surface area contributed by atoms with Crippen LogP contribution in [-0.4, -0.2) is 31.8 Å². The Morgan fingerprint density at radius 3 is 2.62 bits per heavy atom. The molecule has 0 saturated heterocycles. The molecule has 3 N–H and O–H groups in total. The Kier molecular flexibility index (Phi) is 6.16. The number of aryl methyl sites for hydroxylation is 1. The molecule has 0 bridgehead atoms. The van der Waals surface area contributed by atoms with Crippen molar-refractivity contribution < 1.29 is 18.0 Å². The Bertz CT molecular complexity index is 1200. The Balaban J connectivity index is 1.94. The Morgan fingerprint density at radius 2 is 2.00 bits per heavy atom. The summed E-state index contributed by atoms with van der Waals surface area (Å²) < 4.78 is 39.5. The number of benzene rings is 1. The van der Waals surface area contributed by atoms with Gasteiger partial charge in [-0.25, -0.2) is 9.97 Å². The number of carbonyl (C=O) groups excluding carboxylic acids is 1. The Hall–Kier alpha value is -3.94. The Morgan fingerprint density at radius 1 is 1.28 bits per heavy atom. The lowest BCUT2D eigenvalue weighted by atomic mass is 9.93. The fourth-order valence-electron chi connectivity index (χ4n) is 3.05. The van der Waals surface area contributed by atoms with E-state index in [1.807, 2.05) is 0 Å². The average molecular weight is 443 g/mol. The van der Waals surface area contributed by atoms with E-state index >= 15 is 0 Å². The van der Waals surface area contributed by atoms with Crippen molar-refractivity contribution in [2.75, 3.05) is 5.32 Å². The molecule has 0 spiro atoms. The number of rotatable bonds is 6. The third-order valence-electron chi connectivity index (χ3n) is 4.95. The van der Waals surface area contributed by atoms with E-state index in [1.165, 1.54) is 18.5 Å². The molecule has 0 aliphatic rings. The minimum absolute atomic E-state index is 0.152. The van der Waals surface area contributed by atoms with Crippen LogP contribution >= 0.6 is 0 Å². The lowest BCUT2D eigenvalue weighted by molar-refractivity contribution is -0.165. The number of halogens is 3. The maximum absolute atomic E-state index is 12.9. The minimum Gasteiger partial charge on any atom is -0.366 e. The first-order chi connectivity index (χ1) is 15.0. The van der Waals surface area contributed by atoms with E-state index in [9.17, 15) is 23.2 Å². The number of nitrogens with one attached hydrogen (secondary N) is 1. The van der Waals surface area contributed by atoms with Crippen molar-refractivity contribution >= 4 is 17.5 Å². The zero-order valence-corrected chi connectivity index (χ0v) is 17.5. The van der Waals surface area contributed by atoms with Crippen molar-refractivity contribution in [2.24, 2.45) is 5.73 Å². The molecule has 3 rings (SSSR count). The molecule has 0 aliphatic carbocycles. The van der Waals surface area contributed by atoms with Crippen LogP contribution in [0.4, 0.5) is 24.8 Å². The van der Waals surface area contributed by atoms with Crippen LogP contribution in [0.1, 0.15) is 47.3 Å². The Labute approximate surface area is 181 Å². The van der Waals surface area contributed by atoms with Crippen molar-refractivity contribution in [3.8, 4) is 17.3 Å². The van der Waals surface area contributed by atoms with Gasteiger partial charge in [0, 0.05) is 23.5 Å². The molecule has 1 aromatic carbocycles. The summed E-state index contributed by atoms with van der Waals surface area (Å²) in [5.41, 5.74) is 8.33. The summed E-state index contributed by atoms with van der Waals surface area (Å²) in [6.07, 6.45) is -0.399. The van der Waals surface area contributed by atoms with Crippen molar-refractivity contribution in [2.45, 2.75) is 38.9 Å². The maximum Gasteiger partial charge on any atom is 0.410 e. The van der Waals surface area contributed by atoms with Crippen molar-refractivity contribution in [3.05, 3.63) is 53.5 Å². The van der Waals surface area contributed by atoms with E-state index in [0.717, 1.165) is 17.2 Å². The van der Waals surface area contributed by atoms with E-state index in [1.54, 1.807) is 32.2 Å². The van der Waals surface area contributed by atoms with Gasteiger partial charge < -0.3 is 11.1 Å². The van der Waals surface area contributed by atoms with Crippen LogP contribution in [-0.2, 0) is 0 Å². The van der Waals surface area contributed by atoms with Crippen molar-refractivity contribution in [1.29, 1.82) is 5.26 Å². The van der Waals surface area contributed by atoms with Crippen LogP contribution in [0.3, 0.4) is 0 Å². The second kappa shape index (κ2) is 8.66. The molecule has 0 aliphatic heterocycles. The van der Waals surface area contributed by atoms with E-state index in [4.69, 9.17) is 5.73 Å². The van der Waals surface area contributed by atoms with Gasteiger partial charge in [0.05, 0.1) is 29.6 Å². The predicted octanol–water partition coefficient (Wildman–Crippen LogP) is 4.24. The van der Waals surface area contributed by atoms with Crippen LogP contribution in [0.5, 0.6) is 0 Å². The molecule has 0 radical (unpaired) electrons. The summed E-state index contributed by atoms with van der Waals surface area (Å²) in [5.74, 6) is -1.06. The molecule has 1 amide bonds. The van der Waals surface area contributed by atoms with E-state index in [-0.39, 0.29) is 11.5 Å². The lowest BCUT2D eigenvalue weighted by Gasteiger charge is -2.15. The smallest absolute Gasteiger partial charge is 0.366 e. The summed E-state index contributed by atoms with van der Waals surface area (Å²) in [5, 5.41) is 15.9. The molecule has 2 atom stereocenters. The molecule has 11 heteroatoms. The highest BCUT2D eigenvalue weighted by atomic mass is 19.4. The summed E-state index contributed by atoms with van der Waals surface area (Å²) in [4.78, 5) is 20.4. The number of hydrogen-bond acceptors (Lipinski definition) is 6. The fourth-order valence-corrected chi connectivity index (χ4v) is 3.05. The highest BCUT2D eigenvalue weighted by molar-refractivity contribution is 5.95. The van der Waals surface area contributed by atoms with Crippen molar-refractivity contribution in [3.63, 3.8) is 0 Å². The van der Waals surface area contributed by atoms with Crippen LogP contribution in [0.25, 0.3) is 11.3 Å². The zero-order chi connectivity index (χ0) is 23.6. The molecular formula is C21H20F3N7O. The van der Waals surface area contributed by atoms with Gasteiger partial charge >= 0.3 is 6.18 Å². The number of anilines is 2. The van der Waals surface area contributed by atoms with Gasteiger partial charge in [0.2, 0.25) is 11.9 Å². The second-order valence-electron chi connectivity index (χ2n) is 7.29. The highest BCUT2D eigenvalue weighted by Crippen LogP contribution is 2.31. The normalized spacial score (nSPS) is 13.3. The molecule has 2 aromatic heterocycles. The molecule has 1 unspecified atom stereocenters. The predicted molar refractivity (Wildman–Crippen MR) is 111 cm³/mol. The van der Waals surface area contributed by atoms with E-state index in [2.05, 4.69) is 26.5 Å². The SMILES string of the molecule is Cc1cnc(Nc2cnn(C(C)C(F)(F)F)c2)nc1-c1ccc(C(N)=O)c([C@H](C)C#N)c1. The van der Waals surface area contributed by atoms with Gasteiger partial charge in [-0.2, -0.15) is 23.5 Å². The highest BCUT2D eigenvalue weighted by Gasteiger charge is 2.38. The standard InChI is InChI=1S/C21H20F3N7O/c1-11(7-25)17-6-14(4-5-16(17)19(26)32)18-12(2)8-27-20(30-18)29-15-9-28-31(10-15)13(3)21(22,23)24/h4-6,8-11,13H,1-3H3,(H2,26,32)(H,27,29,30)/t11-,13?/m1/s1. The first kappa shape index (κ1) is 22.7. The quantitative estimate of drug-likeness (QED) is 0.587. The molecule has 3 aromatic rings. The topological polar surface area (TPSA) is 123 Å². The third-order valence-corrected chi connectivity index (χ3v) is 4.95. The van der Waals surface area contributed by atoms with E-state index < -0.39 is 24.0 Å². The van der Waals surface area contributed by atoms with Gasteiger partial charge in [0.25, 0.3) is 0 Å². The number of aromatic nitrogens is 4. The number of nitrogens with two attached hydrogens (primary N) is 1. The molecule has 0 saturated carbocycles. The van der Waals surface area contributed by atoms with Gasteiger partial charge in [-0.3, -0.25) is 9.48 Å². The first-order valence-corrected chi connectivity index (χ1v) is 9.56. The summed E-state index contributed by atoms with van der Waals surface area (Å²) in [6, 6.07) is 5.19. The van der Waals surface area contributed by atoms with Crippen LogP contribution in [0.2, 0.25) is 0 Å². The van der Waals surface area contributed by atoms with Crippen LogP contribution < -0.4 is 11.1 Å². The van der Waals surface area contributed by atoms with Gasteiger partial charge in [-0.15, -0.1) is 0 Å². The summed E-state index contributed by atoms with van der Waals surface area (Å²) >= 11 is 0. The molecular weight excluding hydrogens is 423 g/mol. The van der Waals surface area contributed by atoms with Crippen LogP contribution in [0.15, 0.2) is 36.8 Å². The van der Waals surface area contributed by atoms with Gasteiger partial charge in [0.15, 0.2) is 0 Å². The number of nitrogens with zero attached hydrogens (tertiary/aromatic N) is 5. The fraction of sp³-hybridized carbons (Fsp3) is 0.286. The molecule has 8 nitrogen and oxygen atoms in total. The largest absolute Gasteiger partial charge is 0.410 e. The average Bonchev–Trinajstić information content (AvgIpc) is 3.21. The van der Waals surface area contributed by atoms with Gasteiger partial charge in [0.1, 0.15) is 6.04 Å². The number of amides is 1. The minimum atomic E-state index is -4.42. The van der Waals surface area contributed by atoms with Crippen LogP contribution in [0, 0.1) is 18.3 Å². The molecule has 166 valence electrons. The number of alkyl halides is 3. The molecule has 2 heterocycles. The monoisotopic (exact) mass is 443 g/mol. The first-order valence-electron chi connectivity index (χ1n) is 9.56.